The Bertz CT molecular complexity index is 585. The number of allylic oxidation sites excluding steroid dienone is 2. The van der Waals surface area contributed by atoms with E-state index in [1.165, 1.54) is 18.2 Å². The summed E-state index contributed by atoms with van der Waals surface area (Å²) < 4.78 is 48.5. The van der Waals surface area contributed by atoms with Crippen LogP contribution >= 0.6 is 0 Å². The Balaban J connectivity index is 2.14. The van der Waals surface area contributed by atoms with Crippen LogP contribution in [0.1, 0.15) is 19.3 Å². The molecule has 1 aromatic rings. The summed E-state index contributed by atoms with van der Waals surface area (Å²) in [5.41, 5.74) is 0.252. The molecule has 1 aromatic carbocycles. The zero-order valence-corrected chi connectivity index (χ0v) is 11.7. The minimum Gasteiger partial charge on any atom is -0.384 e. The molecular formula is C14H17F2NO2S. The third kappa shape index (κ3) is 3.36. The van der Waals surface area contributed by atoms with Gasteiger partial charge in [0.1, 0.15) is 0 Å². The van der Waals surface area contributed by atoms with E-state index in [0.29, 0.717) is 12.5 Å². The van der Waals surface area contributed by atoms with E-state index in [2.05, 4.69) is 17.5 Å². The topological polar surface area (TPSA) is 46.2 Å². The lowest BCUT2D eigenvalue weighted by Crippen LogP contribution is -2.18. The van der Waals surface area contributed by atoms with Crippen LogP contribution in [0.15, 0.2) is 41.3 Å². The molecule has 6 heteroatoms. The fraction of sp³-hybridized carbons (Fsp3) is 0.429. The van der Waals surface area contributed by atoms with E-state index >= 15 is 0 Å². The van der Waals surface area contributed by atoms with Gasteiger partial charge in [-0.3, -0.25) is 0 Å². The van der Waals surface area contributed by atoms with Crippen LogP contribution in [0.2, 0.25) is 0 Å². The molecule has 1 atom stereocenters. The molecule has 20 heavy (non-hydrogen) atoms. The Morgan fingerprint density at radius 3 is 2.65 bits per heavy atom. The molecule has 0 aromatic heterocycles. The third-order valence-electron chi connectivity index (χ3n) is 3.39. The van der Waals surface area contributed by atoms with Gasteiger partial charge in [-0.1, -0.05) is 24.3 Å². The third-order valence-corrected chi connectivity index (χ3v) is 4.83. The van der Waals surface area contributed by atoms with Gasteiger partial charge in [-0.15, -0.1) is 0 Å². The summed E-state index contributed by atoms with van der Waals surface area (Å²) in [4.78, 5) is -0.332. The molecule has 0 amide bonds. The number of hydrogen-bond donors (Lipinski definition) is 1. The summed E-state index contributed by atoms with van der Waals surface area (Å²) in [7, 11) is -4.57. The highest BCUT2D eigenvalue weighted by Gasteiger charge is 2.29. The normalized spacial score (nSPS) is 19.2. The number of sulfone groups is 1. The molecule has 0 saturated carbocycles. The number of nitrogens with one attached hydrogen (secondary N) is 1. The van der Waals surface area contributed by atoms with Gasteiger partial charge < -0.3 is 5.32 Å². The van der Waals surface area contributed by atoms with E-state index in [-0.39, 0.29) is 10.6 Å². The molecule has 0 aliphatic heterocycles. The number of para-hydroxylation sites is 1. The highest BCUT2D eigenvalue weighted by atomic mass is 32.2. The van der Waals surface area contributed by atoms with Crippen molar-refractivity contribution in [3.05, 3.63) is 36.4 Å². The maximum absolute atomic E-state index is 12.6. The smallest absolute Gasteiger partial charge is 0.341 e. The predicted octanol–water partition coefficient (Wildman–Crippen LogP) is 3.45. The first-order chi connectivity index (χ1) is 9.51. The molecule has 0 fully saturated rings. The monoisotopic (exact) mass is 301 g/mol. The Kier molecular flexibility index (Phi) is 4.75. The second-order valence-corrected chi connectivity index (χ2v) is 6.72. The summed E-state index contributed by atoms with van der Waals surface area (Å²) in [6, 6.07) is 5.82. The number of rotatable bonds is 5. The van der Waals surface area contributed by atoms with Gasteiger partial charge in [-0.25, -0.2) is 8.42 Å². The maximum atomic E-state index is 12.6. The van der Waals surface area contributed by atoms with Gasteiger partial charge in [0.2, 0.25) is 9.84 Å². The zero-order chi connectivity index (χ0) is 14.6. The van der Waals surface area contributed by atoms with E-state index in [1.54, 1.807) is 6.07 Å². The fourth-order valence-corrected chi connectivity index (χ4v) is 3.16. The van der Waals surface area contributed by atoms with Gasteiger partial charge in [0.25, 0.3) is 0 Å². The molecule has 0 spiro atoms. The summed E-state index contributed by atoms with van der Waals surface area (Å²) in [6.07, 6.45) is 7.16. The van der Waals surface area contributed by atoms with Crippen molar-refractivity contribution in [1.82, 2.24) is 0 Å². The van der Waals surface area contributed by atoms with Crippen LogP contribution in [0.4, 0.5) is 14.5 Å². The molecular weight excluding hydrogens is 284 g/mol. The SMILES string of the molecule is O=S(=O)(c1ccccc1NCC1CC=CCC1)C(F)F. The Labute approximate surface area is 117 Å². The fourth-order valence-electron chi connectivity index (χ4n) is 2.25. The second-order valence-electron chi connectivity index (χ2n) is 4.83. The number of halogens is 2. The molecule has 0 bridgehead atoms. The number of anilines is 1. The minimum atomic E-state index is -4.57. The van der Waals surface area contributed by atoms with Crippen molar-refractivity contribution in [2.24, 2.45) is 5.92 Å². The molecule has 0 saturated heterocycles. The maximum Gasteiger partial charge on any atom is 0.341 e. The average Bonchev–Trinajstić information content (AvgIpc) is 2.46. The average molecular weight is 301 g/mol. The lowest BCUT2D eigenvalue weighted by Gasteiger charge is -2.20. The van der Waals surface area contributed by atoms with Crippen LogP contribution in [-0.4, -0.2) is 20.7 Å². The predicted molar refractivity (Wildman–Crippen MR) is 74.6 cm³/mol. The Hall–Kier alpha value is -1.43. The zero-order valence-electron chi connectivity index (χ0n) is 10.9. The molecule has 2 rings (SSSR count). The van der Waals surface area contributed by atoms with Crippen LogP contribution in [0, 0.1) is 5.92 Å². The first-order valence-electron chi connectivity index (χ1n) is 6.52. The molecule has 110 valence electrons. The van der Waals surface area contributed by atoms with Crippen molar-refractivity contribution in [3.63, 3.8) is 0 Å². The quantitative estimate of drug-likeness (QED) is 0.847. The van der Waals surface area contributed by atoms with Crippen molar-refractivity contribution in [1.29, 1.82) is 0 Å². The van der Waals surface area contributed by atoms with E-state index in [1.807, 2.05) is 0 Å². The number of benzene rings is 1. The molecule has 0 heterocycles. The molecule has 1 aliphatic rings. The van der Waals surface area contributed by atoms with Crippen LogP contribution < -0.4 is 5.32 Å². The first kappa shape index (κ1) is 15.0. The number of hydrogen-bond acceptors (Lipinski definition) is 3. The van der Waals surface area contributed by atoms with Crippen molar-refractivity contribution in [3.8, 4) is 0 Å². The summed E-state index contributed by atoms with van der Waals surface area (Å²) in [6.45, 7) is 0.583. The van der Waals surface area contributed by atoms with Crippen molar-refractivity contribution in [2.45, 2.75) is 29.9 Å². The summed E-state index contributed by atoms with van der Waals surface area (Å²) in [5, 5.41) is 3.00. The van der Waals surface area contributed by atoms with Gasteiger partial charge in [0.15, 0.2) is 0 Å². The number of alkyl halides is 2. The minimum absolute atomic E-state index is 0.252. The van der Waals surface area contributed by atoms with Crippen molar-refractivity contribution in [2.75, 3.05) is 11.9 Å². The first-order valence-corrected chi connectivity index (χ1v) is 8.06. The summed E-state index contributed by atoms with van der Waals surface area (Å²) >= 11 is 0. The van der Waals surface area contributed by atoms with E-state index in [0.717, 1.165) is 19.3 Å². The lowest BCUT2D eigenvalue weighted by molar-refractivity contribution is 0.235. The van der Waals surface area contributed by atoms with Crippen molar-refractivity contribution < 1.29 is 17.2 Å². The van der Waals surface area contributed by atoms with E-state index in [9.17, 15) is 17.2 Å². The Morgan fingerprint density at radius 1 is 1.25 bits per heavy atom. The molecule has 0 radical (unpaired) electrons. The summed E-state index contributed by atoms with van der Waals surface area (Å²) in [5.74, 6) is -3.00. The van der Waals surface area contributed by atoms with Gasteiger partial charge in [0.05, 0.1) is 10.6 Å². The molecule has 3 nitrogen and oxygen atoms in total. The van der Waals surface area contributed by atoms with Gasteiger partial charge in [0, 0.05) is 6.54 Å². The second kappa shape index (κ2) is 6.35. The van der Waals surface area contributed by atoms with Crippen molar-refractivity contribution >= 4 is 15.5 Å². The van der Waals surface area contributed by atoms with Crippen LogP contribution in [0.25, 0.3) is 0 Å². The Morgan fingerprint density at radius 2 is 2.00 bits per heavy atom. The highest BCUT2D eigenvalue weighted by Crippen LogP contribution is 2.27. The van der Waals surface area contributed by atoms with Gasteiger partial charge >= 0.3 is 5.76 Å². The van der Waals surface area contributed by atoms with Crippen LogP contribution in [0.3, 0.4) is 0 Å². The molecule has 1 N–H and O–H groups in total. The standard InChI is InChI=1S/C14H17F2NO2S/c15-14(16)20(18,19)13-9-5-4-8-12(13)17-10-11-6-2-1-3-7-11/h1-2,4-5,8-9,11,14,17H,3,6-7,10H2. The van der Waals surface area contributed by atoms with E-state index in [4.69, 9.17) is 0 Å². The van der Waals surface area contributed by atoms with Gasteiger partial charge in [-0.2, -0.15) is 8.78 Å². The largest absolute Gasteiger partial charge is 0.384 e. The van der Waals surface area contributed by atoms with Crippen LogP contribution in [0.5, 0.6) is 0 Å². The molecule has 1 aliphatic carbocycles. The van der Waals surface area contributed by atoms with Gasteiger partial charge in [-0.05, 0) is 37.3 Å². The van der Waals surface area contributed by atoms with E-state index < -0.39 is 15.6 Å². The lowest BCUT2D eigenvalue weighted by atomic mass is 9.94. The highest BCUT2D eigenvalue weighted by molar-refractivity contribution is 7.91. The molecule has 1 unspecified atom stereocenters. The van der Waals surface area contributed by atoms with Crippen LogP contribution in [-0.2, 0) is 9.84 Å².